The Labute approximate surface area is 154 Å². The fourth-order valence-electron chi connectivity index (χ4n) is 3.34. The number of nitrogens with one attached hydrogen (secondary N) is 1. The summed E-state index contributed by atoms with van der Waals surface area (Å²) in [6, 6.07) is 7.86. The lowest BCUT2D eigenvalue weighted by Gasteiger charge is -2.22. The predicted molar refractivity (Wildman–Crippen MR) is 101 cm³/mol. The van der Waals surface area contributed by atoms with Crippen molar-refractivity contribution in [3.8, 4) is 0 Å². The summed E-state index contributed by atoms with van der Waals surface area (Å²) < 4.78 is 5.32. The number of aryl methyl sites for hydroxylation is 1. The van der Waals surface area contributed by atoms with Crippen molar-refractivity contribution in [3.63, 3.8) is 0 Å². The number of hydrogen-bond donors (Lipinski definition) is 1. The van der Waals surface area contributed by atoms with E-state index in [2.05, 4.69) is 4.98 Å². The molecule has 26 heavy (non-hydrogen) atoms. The molecule has 0 unspecified atom stereocenters. The van der Waals surface area contributed by atoms with Gasteiger partial charge in [-0.3, -0.25) is 4.79 Å². The zero-order valence-electron chi connectivity index (χ0n) is 15.7. The molecule has 2 amide bonds. The third kappa shape index (κ3) is 3.84. The Hall–Kier alpha value is -2.50. The minimum absolute atomic E-state index is 0.0253. The largest absolute Gasteiger partial charge is 0.449 e. The van der Waals surface area contributed by atoms with Crippen molar-refractivity contribution < 1.29 is 14.3 Å². The van der Waals surface area contributed by atoms with Crippen LogP contribution in [0.4, 0.5) is 4.79 Å². The molecule has 1 fully saturated rings. The summed E-state index contributed by atoms with van der Waals surface area (Å²) in [5, 5.41) is 0.951. The smallest absolute Gasteiger partial charge is 0.409 e. The van der Waals surface area contributed by atoms with E-state index in [-0.39, 0.29) is 12.0 Å². The molecule has 0 aliphatic carbocycles. The van der Waals surface area contributed by atoms with Crippen molar-refractivity contribution >= 4 is 22.9 Å². The summed E-state index contributed by atoms with van der Waals surface area (Å²) in [6.45, 7) is 8.67. The van der Waals surface area contributed by atoms with Crippen molar-refractivity contribution in [1.82, 2.24) is 14.8 Å². The molecule has 1 aromatic heterocycles. The monoisotopic (exact) mass is 357 g/mol. The molecule has 1 aliphatic heterocycles. The van der Waals surface area contributed by atoms with Gasteiger partial charge in [-0.2, -0.15) is 0 Å². The van der Waals surface area contributed by atoms with Crippen LogP contribution in [0.3, 0.4) is 0 Å². The van der Waals surface area contributed by atoms with Gasteiger partial charge in [0.2, 0.25) is 0 Å². The van der Waals surface area contributed by atoms with Crippen molar-refractivity contribution in [1.29, 1.82) is 0 Å². The molecule has 6 nitrogen and oxygen atoms in total. The van der Waals surface area contributed by atoms with E-state index in [1.54, 1.807) is 4.90 Å². The lowest BCUT2D eigenvalue weighted by Crippen LogP contribution is -2.38. The van der Waals surface area contributed by atoms with Gasteiger partial charge in [0.25, 0.3) is 5.91 Å². The number of nitrogens with zero attached hydrogens (tertiary/aromatic N) is 2. The number of para-hydroxylation sites is 1. The Morgan fingerprint density at radius 1 is 1.12 bits per heavy atom. The summed E-state index contributed by atoms with van der Waals surface area (Å²) in [6.07, 6.45) is 0.473. The molecule has 0 bridgehead atoms. The quantitative estimate of drug-likeness (QED) is 0.915. The van der Waals surface area contributed by atoms with Crippen molar-refractivity contribution in [2.45, 2.75) is 27.2 Å². The van der Waals surface area contributed by atoms with Gasteiger partial charge < -0.3 is 19.5 Å². The minimum atomic E-state index is -0.281. The molecule has 2 heterocycles. The number of benzene rings is 1. The maximum atomic E-state index is 13.1. The molecule has 1 N–H and O–H groups in total. The fourth-order valence-corrected chi connectivity index (χ4v) is 3.34. The van der Waals surface area contributed by atoms with Gasteiger partial charge in [0.05, 0.1) is 12.2 Å². The third-order valence-corrected chi connectivity index (χ3v) is 4.69. The lowest BCUT2D eigenvalue weighted by atomic mass is 10.1. The van der Waals surface area contributed by atoms with Gasteiger partial charge in [-0.15, -0.1) is 0 Å². The van der Waals surface area contributed by atoms with Crippen LogP contribution in [0, 0.1) is 12.8 Å². The molecule has 140 valence electrons. The van der Waals surface area contributed by atoms with Crippen LogP contribution in [0.15, 0.2) is 24.3 Å². The molecule has 0 spiro atoms. The first-order valence-electron chi connectivity index (χ1n) is 9.25. The van der Waals surface area contributed by atoms with E-state index in [4.69, 9.17) is 4.74 Å². The molecule has 3 rings (SSSR count). The Morgan fingerprint density at radius 2 is 1.81 bits per heavy atom. The first-order chi connectivity index (χ1) is 12.5. The van der Waals surface area contributed by atoms with E-state index in [0.717, 1.165) is 28.6 Å². The second-order valence-corrected chi connectivity index (χ2v) is 7.27. The van der Waals surface area contributed by atoms with Gasteiger partial charge in [0, 0.05) is 42.8 Å². The zero-order chi connectivity index (χ0) is 18.7. The van der Waals surface area contributed by atoms with Gasteiger partial charge in [-0.05, 0) is 25.3 Å². The Balaban J connectivity index is 1.69. The highest BCUT2D eigenvalue weighted by Gasteiger charge is 2.26. The topological polar surface area (TPSA) is 65.6 Å². The summed E-state index contributed by atoms with van der Waals surface area (Å²) in [4.78, 5) is 32.1. The van der Waals surface area contributed by atoms with E-state index in [1.807, 2.05) is 49.9 Å². The van der Waals surface area contributed by atoms with Crippen LogP contribution in [-0.2, 0) is 4.74 Å². The molecule has 0 atom stereocenters. The Morgan fingerprint density at radius 3 is 2.58 bits per heavy atom. The molecule has 6 heteroatoms. The number of carbonyl (C=O) groups excluding carboxylic acids is 2. The van der Waals surface area contributed by atoms with Crippen molar-refractivity contribution in [2.75, 3.05) is 32.8 Å². The van der Waals surface area contributed by atoms with Crippen LogP contribution in [0.1, 0.15) is 36.3 Å². The van der Waals surface area contributed by atoms with Gasteiger partial charge in [0.15, 0.2) is 0 Å². The summed E-state index contributed by atoms with van der Waals surface area (Å²) in [7, 11) is 0. The zero-order valence-corrected chi connectivity index (χ0v) is 15.7. The highest BCUT2D eigenvalue weighted by molar-refractivity contribution is 6.08. The molecule has 1 saturated heterocycles. The van der Waals surface area contributed by atoms with E-state index in [1.165, 1.54) is 0 Å². The summed E-state index contributed by atoms with van der Waals surface area (Å²) in [5.41, 5.74) is 2.59. The number of aromatic nitrogens is 1. The number of carbonyl (C=O) groups is 2. The third-order valence-electron chi connectivity index (χ3n) is 4.69. The van der Waals surface area contributed by atoms with Crippen LogP contribution >= 0.6 is 0 Å². The average Bonchev–Trinajstić information content (AvgIpc) is 2.79. The van der Waals surface area contributed by atoms with Gasteiger partial charge in [-0.25, -0.2) is 4.79 Å². The lowest BCUT2D eigenvalue weighted by molar-refractivity contribution is 0.0747. The van der Waals surface area contributed by atoms with Crippen LogP contribution in [0.25, 0.3) is 10.9 Å². The van der Waals surface area contributed by atoms with E-state index in [0.29, 0.717) is 38.7 Å². The number of aromatic amines is 1. The van der Waals surface area contributed by atoms with E-state index < -0.39 is 0 Å². The number of fused-ring (bicyclic) bond motifs is 1. The van der Waals surface area contributed by atoms with E-state index >= 15 is 0 Å². The molecule has 0 saturated carbocycles. The minimum Gasteiger partial charge on any atom is -0.449 e. The van der Waals surface area contributed by atoms with Crippen LogP contribution in [-0.4, -0.2) is 59.6 Å². The van der Waals surface area contributed by atoms with Gasteiger partial charge in [-0.1, -0.05) is 32.0 Å². The second kappa shape index (κ2) is 7.81. The summed E-state index contributed by atoms with van der Waals surface area (Å²) in [5.74, 6) is 0.339. The molecule has 1 aromatic carbocycles. The standard InChI is InChI=1S/C20H27N3O3/c1-14(2)13-26-20(25)23-10-6-9-22(11-12-23)19(24)18-15(3)21-17-8-5-4-7-16(17)18/h4-5,7-8,14,21H,6,9-13H2,1-3H3. The Kier molecular flexibility index (Phi) is 5.49. The first-order valence-corrected chi connectivity index (χ1v) is 9.25. The highest BCUT2D eigenvalue weighted by Crippen LogP contribution is 2.24. The van der Waals surface area contributed by atoms with Crippen molar-refractivity contribution in [2.24, 2.45) is 5.92 Å². The molecule has 1 aliphatic rings. The van der Waals surface area contributed by atoms with Crippen LogP contribution in [0.2, 0.25) is 0 Å². The molecule has 2 aromatic rings. The molecule has 0 radical (unpaired) electrons. The highest BCUT2D eigenvalue weighted by atomic mass is 16.6. The van der Waals surface area contributed by atoms with Crippen LogP contribution in [0.5, 0.6) is 0 Å². The van der Waals surface area contributed by atoms with Gasteiger partial charge >= 0.3 is 6.09 Å². The van der Waals surface area contributed by atoms with Gasteiger partial charge in [0.1, 0.15) is 0 Å². The fraction of sp³-hybridized carbons (Fsp3) is 0.500. The maximum absolute atomic E-state index is 13.1. The number of ether oxygens (including phenoxy) is 1. The Bertz CT molecular complexity index is 797. The van der Waals surface area contributed by atoms with Crippen molar-refractivity contribution in [3.05, 3.63) is 35.5 Å². The van der Waals surface area contributed by atoms with E-state index in [9.17, 15) is 9.59 Å². The SMILES string of the molecule is Cc1[nH]c2ccccc2c1C(=O)N1CCCN(C(=O)OCC(C)C)CC1. The summed E-state index contributed by atoms with van der Waals surface area (Å²) >= 11 is 0. The molecular weight excluding hydrogens is 330 g/mol. The average molecular weight is 357 g/mol. The number of H-pyrrole nitrogens is 1. The first kappa shape index (κ1) is 18.3. The number of rotatable bonds is 3. The second-order valence-electron chi connectivity index (χ2n) is 7.27. The predicted octanol–water partition coefficient (Wildman–Crippen LogP) is 3.42. The van der Waals surface area contributed by atoms with Crippen LogP contribution < -0.4 is 0 Å². The number of amides is 2. The molecular formula is C20H27N3O3. The number of hydrogen-bond acceptors (Lipinski definition) is 3. The maximum Gasteiger partial charge on any atom is 0.409 e. The normalized spacial score (nSPS) is 15.4.